The number of benzene rings is 2. The van der Waals surface area contributed by atoms with E-state index in [-0.39, 0.29) is 18.9 Å². The van der Waals surface area contributed by atoms with Crippen LogP contribution in [0.3, 0.4) is 0 Å². The number of alkyl carbamates (subject to hydrolysis) is 1. The van der Waals surface area contributed by atoms with Crippen molar-refractivity contribution in [3.8, 4) is 11.1 Å². The molecule has 7 heteroatoms. The zero-order valence-corrected chi connectivity index (χ0v) is 21.3. The highest BCUT2D eigenvalue weighted by atomic mass is 16.5. The highest BCUT2D eigenvalue weighted by Gasteiger charge is 2.37. The molecular weight excluding hydrogens is 444 g/mol. The Kier molecular flexibility index (Phi) is 7.58. The first kappa shape index (κ1) is 26.3. The van der Waals surface area contributed by atoms with Crippen molar-refractivity contribution in [1.82, 2.24) is 10.6 Å². The molecule has 0 fully saturated rings. The summed E-state index contributed by atoms with van der Waals surface area (Å²) in [4.78, 5) is 37.3. The minimum absolute atomic E-state index is 0.0871. The Bertz CT molecular complexity index is 1050. The van der Waals surface area contributed by atoms with Gasteiger partial charge in [-0.15, -0.1) is 0 Å². The predicted octanol–water partition coefficient (Wildman–Crippen LogP) is 4.95. The lowest BCUT2D eigenvalue weighted by molar-refractivity contribution is -0.138. The zero-order chi connectivity index (χ0) is 26.0. The molecular formula is C28H36N2O5. The third-order valence-corrected chi connectivity index (χ3v) is 6.47. The molecule has 7 nitrogen and oxygen atoms in total. The number of nitrogens with one attached hydrogen (secondary N) is 2. The van der Waals surface area contributed by atoms with E-state index in [2.05, 4.69) is 22.8 Å². The van der Waals surface area contributed by atoms with Gasteiger partial charge in [0, 0.05) is 12.0 Å². The summed E-state index contributed by atoms with van der Waals surface area (Å²) < 4.78 is 5.63. The average Bonchev–Trinajstić information content (AvgIpc) is 3.07. The summed E-state index contributed by atoms with van der Waals surface area (Å²) in [6.45, 7) is 11.3. The molecule has 0 saturated heterocycles. The van der Waals surface area contributed by atoms with Gasteiger partial charge >= 0.3 is 12.1 Å². The van der Waals surface area contributed by atoms with Gasteiger partial charge in [0.1, 0.15) is 12.6 Å². The Labute approximate surface area is 207 Å². The van der Waals surface area contributed by atoms with Gasteiger partial charge in [-0.2, -0.15) is 0 Å². The maximum absolute atomic E-state index is 13.2. The molecule has 3 rings (SSSR count). The first-order valence-corrected chi connectivity index (χ1v) is 11.9. The summed E-state index contributed by atoms with van der Waals surface area (Å²) in [5.74, 6) is -1.52. The normalized spacial score (nSPS) is 14.9. The number of hydrogen-bond acceptors (Lipinski definition) is 4. The van der Waals surface area contributed by atoms with Gasteiger partial charge in [0.25, 0.3) is 0 Å². The van der Waals surface area contributed by atoms with Crippen LogP contribution in [-0.4, -0.2) is 41.8 Å². The Balaban J connectivity index is 1.71. The highest BCUT2D eigenvalue weighted by Crippen LogP contribution is 2.44. The number of ether oxygens (including phenoxy) is 1. The van der Waals surface area contributed by atoms with Crippen LogP contribution >= 0.6 is 0 Å². The second-order valence-electron chi connectivity index (χ2n) is 11.3. The molecule has 1 aliphatic rings. The third kappa shape index (κ3) is 6.21. The average molecular weight is 481 g/mol. The maximum Gasteiger partial charge on any atom is 0.407 e. The molecule has 0 aliphatic heterocycles. The molecule has 2 aromatic carbocycles. The number of carboxylic acids is 1. The molecule has 2 aromatic rings. The van der Waals surface area contributed by atoms with E-state index in [1.54, 1.807) is 0 Å². The molecule has 0 aromatic heterocycles. The van der Waals surface area contributed by atoms with Crippen LogP contribution in [0.15, 0.2) is 48.5 Å². The highest BCUT2D eigenvalue weighted by molar-refractivity contribution is 5.87. The van der Waals surface area contributed by atoms with Crippen LogP contribution in [-0.2, 0) is 14.3 Å². The molecule has 0 bridgehead atoms. The van der Waals surface area contributed by atoms with Crippen molar-refractivity contribution in [2.45, 2.75) is 66.0 Å². The Morgan fingerprint density at radius 2 is 1.37 bits per heavy atom. The minimum Gasteiger partial charge on any atom is -0.481 e. The summed E-state index contributed by atoms with van der Waals surface area (Å²) in [5, 5.41) is 14.8. The van der Waals surface area contributed by atoms with Gasteiger partial charge in [-0.3, -0.25) is 9.59 Å². The number of aliphatic carboxylic acids is 1. The van der Waals surface area contributed by atoms with E-state index >= 15 is 0 Å². The summed E-state index contributed by atoms with van der Waals surface area (Å²) in [5.41, 5.74) is 3.38. The van der Waals surface area contributed by atoms with Crippen molar-refractivity contribution in [3.05, 3.63) is 59.7 Å². The van der Waals surface area contributed by atoms with E-state index < -0.39 is 40.9 Å². The van der Waals surface area contributed by atoms with Gasteiger partial charge < -0.3 is 20.5 Å². The molecule has 2 atom stereocenters. The quantitative estimate of drug-likeness (QED) is 0.520. The van der Waals surface area contributed by atoms with Gasteiger partial charge in [0.2, 0.25) is 5.91 Å². The second kappa shape index (κ2) is 10.1. The molecule has 2 amide bonds. The molecule has 0 heterocycles. The lowest BCUT2D eigenvalue weighted by Gasteiger charge is -2.35. The smallest absolute Gasteiger partial charge is 0.407 e. The van der Waals surface area contributed by atoms with Gasteiger partial charge in [0.05, 0.1) is 6.42 Å². The Hall–Kier alpha value is -3.35. The van der Waals surface area contributed by atoms with E-state index in [0.29, 0.717) is 0 Å². The fourth-order valence-corrected chi connectivity index (χ4v) is 4.44. The summed E-state index contributed by atoms with van der Waals surface area (Å²) in [6, 6.07) is 14.7. The molecule has 0 saturated carbocycles. The first-order valence-electron chi connectivity index (χ1n) is 11.9. The topological polar surface area (TPSA) is 105 Å². The van der Waals surface area contributed by atoms with Crippen molar-refractivity contribution in [1.29, 1.82) is 0 Å². The van der Waals surface area contributed by atoms with Gasteiger partial charge in [-0.25, -0.2) is 4.79 Å². The number of rotatable bonds is 7. The molecule has 3 N–H and O–H groups in total. The zero-order valence-electron chi connectivity index (χ0n) is 21.3. The van der Waals surface area contributed by atoms with E-state index in [1.165, 1.54) is 0 Å². The van der Waals surface area contributed by atoms with Gasteiger partial charge in [-0.1, -0.05) is 90.1 Å². The van der Waals surface area contributed by atoms with Crippen LogP contribution in [0, 0.1) is 10.8 Å². The Morgan fingerprint density at radius 1 is 0.857 bits per heavy atom. The van der Waals surface area contributed by atoms with Crippen molar-refractivity contribution in [3.63, 3.8) is 0 Å². The first-order chi connectivity index (χ1) is 16.3. The van der Waals surface area contributed by atoms with E-state index in [9.17, 15) is 19.5 Å². The van der Waals surface area contributed by atoms with Crippen LogP contribution in [0.25, 0.3) is 11.1 Å². The molecule has 188 valence electrons. The van der Waals surface area contributed by atoms with Crippen LogP contribution in [0.5, 0.6) is 0 Å². The third-order valence-electron chi connectivity index (χ3n) is 6.47. The van der Waals surface area contributed by atoms with Crippen LogP contribution in [0.2, 0.25) is 0 Å². The van der Waals surface area contributed by atoms with E-state index in [4.69, 9.17) is 4.74 Å². The van der Waals surface area contributed by atoms with E-state index in [0.717, 1.165) is 22.3 Å². The molecule has 1 unspecified atom stereocenters. The molecule has 35 heavy (non-hydrogen) atoms. The monoisotopic (exact) mass is 480 g/mol. The van der Waals surface area contributed by atoms with Crippen molar-refractivity contribution >= 4 is 18.0 Å². The van der Waals surface area contributed by atoms with Crippen LogP contribution in [0.1, 0.15) is 65.0 Å². The molecule has 1 aliphatic carbocycles. The summed E-state index contributed by atoms with van der Waals surface area (Å²) in [6.07, 6.45) is -0.899. The number of amides is 2. The van der Waals surface area contributed by atoms with Crippen LogP contribution in [0.4, 0.5) is 4.79 Å². The van der Waals surface area contributed by atoms with Crippen molar-refractivity contribution < 1.29 is 24.2 Å². The standard InChI is InChI=1S/C28H36N2O5/c1-27(2,3)22(15-23(31)32)29-25(33)24(28(4,5)6)30-26(34)35-16-21-19-13-9-7-11-17(19)18-12-8-10-14-20(18)21/h7-14,21-22,24H,15-16H2,1-6H3,(H,29,33)(H,30,34)(H,31,32)/t22?,24-/m0/s1. The van der Waals surface area contributed by atoms with Crippen molar-refractivity contribution in [2.75, 3.05) is 6.61 Å². The maximum atomic E-state index is 13.2. The van der Waals surface area contributed by atoms with Crippen LogP contribution < -0.4 is 10.6 Å². The van der Waals surface area contributed by atoms with E-state index in [1.807, 2.05) is 77.9 Å². The van der Waals surface area contributed by atoms with Gasteiger partial charge in [0.15, 0.2) is 0 Å². The second-order valence-corrected chi connectivity index (χ2v) is 11.3. The lowest BCUT2D eigenvalue weighted by atomic mass is 9.82. The number of carbonyl (C=O) groups excluding carboxylic acids is 2. The number of hydrogen-bond donors (Lipinski definition) is 3. The number of fused-ring (bicyclic) bond motifs is 3. The van der Waals surface area contributed by atoms with Gasteiger partial charge in [-0.05, 0) is 33.1 Å². The van der Waals surface area contributed by atoms with Crippen molar-refractivity contribution in [2.24, 2.45) is 10.8 Å². The fourth-order valence-electron chi connectivity index (χ4n) is 4.44. The largest absolute Gasteiger partial charge is 0.481 e. The summed E-state index contributed by atoms with van der Waals surface area (Å²) >= 11 is 0. The predicted molar refractivity (Wildman–Crippen MR) is 135 cm³/mol. The molecule has 0 radical (unpaired) electrons. The minimum atomic E-state index is -0.998. The SMILES string of the molecule is CC(C)(C)C(CC(=O)O)NC(=O)[C@H](NC(=O)OCC1c2ccccc2-c2ccccc21)C(C)(C)C. The summed E-state index contributed by atoms with van der Waals surface area (Å²) in [7, 11) is 0. The fraction of sp³-hybridized carbons (Fsp3) is 0.464. The number of carbonyl (C=O) groups is 3. The number of carboxylic acid groups (broad SMARTS) is 1. The lowest BCUT2D eigenvalue weighted by Crippen LogP contribution is -2.57. The molecule has 0 spiro atoms. The Morgan fingerprint density at radius 3 is 1.83 bits per heavy atom.